The van der Waals surface area contributed by atoms with Crippen LogP contribution in [0.2, 0.25) is 0 Å². The summed E-state index contributed by atoms with van der Waals surface area (Å²) in [5.74, 6) is 0.922. The van der Waals surface area contributed by atoms with Gasteiger partial charge >= 0.3 is 0 Å². The summed E-state index contributed by atoms with van der Waals surface area (Å²) in [6, 6.07) is 14.3. The first-order valence-electron chi connectivity index (χ1n) is 11.0. The Kier molecular flexibility index (Phi) is 6.55. The summed E-state index contributed by atoms with van der Waals surface area (Å²) in [6.45, 7) is 0.733. The minimum Gasteiger partial charge on any atom is -0.493 e. The molecule has 0 bridgehead atoms. The van der Waals surface area contributed by atoms with E-state index in [1.807, 2.05) is 12.1 Å². The molecule has 31 heavy (non-hydrogen) atoms. The third-order valence-corrected chi connectivity index (χ3v) is 5.83. The number of rotatable bonds is 5. The van der Waals surface area contributed by atoms with Crippen LogP contribution in [-0.2, 0) is 17.6 Å². The number of amides is 1. The Balaban J connectivity index is 0.000000192. The van der Waals surface area contributed by atoms with E-state index >= 15 is 0 Å². The molecule has 0 radical (unpaired) electrons. The number of anilines is 1. The number of ether oxygens (including phenoxy) is 1. The van der Waals surface area contributed by atoms with Gasteiger partial charge in [-0.3, -0.25) is 9.79 Å². The van der Waals surface area contributed by atoms with Gasteiger partial charge in [0.1, 0.15) is 17.6 Å². The molecule has 5 N–H and O–H groups in total. The van der Waals surface area contributed by atoms with Crippen molar-refractivity contribution in [3.8, 4) is 5.75 Å². The monoisotopic (exact) mass is 418 g/mol. The van der Waals surface area contributed by atoms with Gasteiger partial charge in [-0.25, -0.2) is 0 Å². The largest absolute Gasteiger partial charge is 0.493 e. The number of aliphatic imine (C=N–C) groups is 1. The van der Waals surface area contributed by atoms with Crippen LogP contribution in [0.4, 0.5) is 5.69 Å². The minimum absolute atomic E-state index is 0.318. The van der Waals surface area contributed by atoms with Gasteiger partial charge in [-0.15, -0.1) is 0 Å². The minimum atomic E-state index is -0.522. The zero-order chi connectivity index (χ0) is 21.6. The van der Waals surface area contributed by atoms with E-state index in [0.29, 0.717) is 17.3 Å². The molecule has 0 aromatic heterocycles. The van der Waals surface area contributed by atoms with E-state index in [9.17, 15) is 4.79 Å². The molecule has 1 unspecified atom stereocenters. The van der Waals surface area contributed by atoms with Crippen LogP contribution in [-0.4, -0.2) is 18.7 Å². The molecule has 162 valence electrons. The van der Waals surface area contributed by atoms with Crippen LogP contribution in [0.15, 0.2) is 59.2 Å². The molecule has 1 atom stereocenters. The summed E-state index contributed by atoms with van der Waals surface area (Å²) in [5, 5.41) is 2.97. The van der Waals surface area contributed by atoms with Crippen LogP contribution in [0, 0.1) is 5.92 Å². The molecule has 1 amide bonds. The van der Waals surface area contributed by atoms with Crippen LogP contribution in [0.5, 0.6) is 5.75 Å². The van der Waals surface area contributed by atoms with Crippen molar-refractivity contribution in [2.75, 3.05) is 12.3 Å². The molecule has 2 aliphatic carbocycles. The van der Waals surface area contributed by atoms with Gasteiger partial charge in [0.15, 0.2) is 0 Å². The van der Waals surface area contributed by atoms with E-state index in [2.05, 4.69) is 34.6 Å². The molecular formula is C25H30N4O2. The van der Waals surface area contributed by atoms with Crippen molar-refractivity contribution in [3.05, 3.63) is 70.9 Å². The highest BCUT2D eigenvalue weighted by Crippen LogP contribution is 2.32. The number of nitrogens with two attached hydrogens (primary N) is 2. The highest BCUT2D eigenvalue weighted by molar-refractivity contribution is 5.96. The van der Waals surface area contributed by atoms with Crippen LogP contribution >= 0.6 is 0 Å². The molecule has 2 aromatic rings. The molecule has 3 aliphatic rings. The fraction of sp³-hybridized carbons (Fsp3) is 0.360. The summed E-state index contributed by atoms with van der Waals surface area (Å²) in [4.78, 5) is 15.5. The molecular weight excluding hydrogens is 388 g/mol. The smallest absolute Gasteiger partial charge is 0.264 e. The van der Waals surface area contributed by atoms with E-state index in [1.165, 1.54) is 38.5 Å². The van der Waals surface area contributed by atoms with Gasteiger partial charge in [-0.1, -0.05) is 24.3 Å². The van der Waals surface area contributed by atoms with E-state index in [0.717, 1.165) is 17.9 Å². The highest BCUT2D eigenvalue weighted by atomic mass is 16.5. The van der Waals surface area contributed by atoms with Crippen molar-refractivity contribution in [2.45, 2.75) is 44.7 Å². The van der Waals surface area contributed by atoms with E-state index in [-0.39, 0.29) is 0 Å². The second-order valence-electron chi connectivity index (χ2n) is 8.31. The third kappa shape index (κ3) is 5.66. The Morgan fingerprint density at radius 1 is 1.10 bits per heavy atom. The zero-order valence-corrected chi connectivity index (χ0v) is 17.7. The SMILES string of the molecule is NC(=O)C1=CC=NC(c2cc(OCC3CC3)ccc2N)N1.c1ccc2c(c1)CCCC2. The number of carbonyl (C=O) groups excluding carboxylic acids is 1. The number of allylic oxidation sites excluding steroid dienone is 1. The average molecular weight is 419 g/mol. The van der Waals surface area contributed by atoms with Crippen molar-refractivity contribution in [1.82, 2.24) is 5.32 Å². The maximum absolute atomic E-state index is 11.2. The second-order valence-corrected chi connectivity index (χ2v) is 8.31. The van der Waals surface area contributed by atoms with Gasteiger partial charge in [0, 0.05) is 17.5 Å². The van der Waals surface area contributed by atoms with Crippen molar-refractivity contribution in [2.24, 2.45) is 16.6 Å². The predicted octanol–water partition coefficient (Wildman–Crippen LogP) is 3.66. The summed E-state index contributed by atoms with van der Waals surface area (Å²) >= 11 is 0. The van der Waals surface area contributed by atoms with Crippen molar-refractivity contribution in [1.29, 1.82) is 0 Å². The fourth-order valence-electron chi connectivity index (χ4n) is 3.80. The van der Waals surface area contributed by atoms with Gasteiger partial charge < -0.3 is 21.5 Å². The number of aryl methyl sites for hydroxylation is 2. The molecule has 1 aliphatic heterocycles. The highest BCUT2D eigenvalue weighted by Gasteiger charge is 2.23. The summed E-state index contributed by atoms with van der Waals surface area (Å²) in [5.41, 5.74) is 16.1. The normalized spacial score (nSPS) is 19.2. The Morgan fingerprint density at radius 2 is 1.81 bits per heavy atom. The first-order chi connectivity index (χ1) is 15.1. The van der Waals surface area contributed by atoms with Crippen molar-refractivity contribution in [3.63, 3.8) is 0 Å². The molecule has 0 spiro atoms. The lowest BCUT2D eigenvalue weighted by Gasteiger charge is -2.21. The van der Waals surface area contributed by atoms with Crippen molar-refractivity contribution < 1.29 is 9.53 Å². The lowest BCUT2D eigenvalue weighted by molar-refractivity contribution is -0.115. The summed E-state index contributed by atoms with van der Waals surface area (Å²) < 4.78 is 5.75. The van der Waals surface area contributed by atoms with Gasteiger partial charge in [-0.05, 0) is 79.8 Å². The van der Waals surface area contributed by atoms with Gasteiger partial charge in [0.2, 0.25) is 0 Å². The molecule has 6 heteroatoms. The van der Waals surface area contributed by atoms with Crippen LogP contribution in [0.3, 0.4) is 0 Å². The molecule has 0 saturated heterocycles. The first-order valence-corrected chi connectivity index (χ1v) is 11.0. The molecule has 1 fully saturated rings. The quantitative estimate of drug-likeness (QED) is 0.645. The number of fused-ring (bicyclic) bond motifs is 1. The first kappa shape index (κ1) is 21.0. The van der Waals surface area contributed by atoms with E-state index in [4.69, 9.17) is 16.2 Å². The lowest BCUT2D eigenvalue weighted by Crippen LogP contribution is -2.31. The number of hydrogen-bond acceptors (Lipinski definition) is 5. The summed E-state index contributed by atoms with van der Waals surface area (Å²) in [6.07, 6.45) is 10.5. The van der Waals surface area contributed by atoms with Crippen LogP contribution < -0.4 is 21.5 Å². The fourth-order valence-corrected chi connectivity index (χ4v) is 3.80. The zero-order valence-electron chi connectivity index (χ0n) is 17.7. The van der Waals surface area contributed by atoms with Gasteiger partial charge in [0.25, 0.3) is 5.91 Å². The number of nitrogen functional groups attached to an aromatic ring is 1. The van der Waals surface area contributed by atoms with E-state index < -0.39 is 12.1 Å². The Hall–Kier alpha value is -3.28. The number of carbonyl (C=O) groups is 1. The maximum atomic E-state index is 11.2. The molecule has 1 saturated carbocycles. The van der Waals surface area contributed by atoms with Crippen LogP contribution in [0.1, 0.15) is 48.5 Å². The molecule has 1 heterocycles. The Bertz CT molecular complexity index is 970. The number of primary amides is 1. The summed E-state index contributed by atoms with van der Waals surface area (Å²) in [7, 11) is 0. The Labute approximate surface area is 183 Å². The molecule has 2 aromatic carbocycles. The standard InChI is InChI=1S/C15H18N4O2.C10H12/c16-12-4-3-10(21-8-9-1-2-9)7-11(12)15-18-6-5-13(19-15)14(17)20;1-2-6-10-8-4-3-7-9(10)5-1/h3-7,9,15,19H,1-2,8,16H2,(H2,17,20);1-2,5-6H,3-4,7-8H2. The van der Waals surface area contributed by atoms with E-state index in [1.54, 1.807) is 29.5 Å². The average Bonchev–Trinajstić information content (AvgIpc) is 3.64. The number of benzene rings is 2. The number of hydrogen-bond donors (Lipinski definition) is 3. The molecule has 5 rings (SSSR count). The van der Waals surface area contributed by atoms with Crippen LogP contribution in [0.25, 0.3) is 0 Å². The topological polar surface area (TPSA) is 103 Å². The molecule has 6 nitrogen and oxygen atoms in total. The third-order valence-electron chi connectivity index (χ3n) is 5.83. The van der Waals surface area contributed by atoms with Gasteiger partial charge in [0.05, 0.1) is 6.61 Å². The van der Waals surface area contributed by atoms with Crippen molar-refractivity contribution >= 4 is 17.8 Å². The van der Waals surface area contributed by atoms with Gasteiger partial charge in [-0.2, -0.15) is 0 Å². The number of nitrogens with one attached hydrogen (secondary N) is 1. The second kappa shape index (κ2) is 9.69. The predicted molar refractivity (Wildman–Crippen MR) is 124 cm³/mol. The Morgan fingerprint density at radius 3 is 2.45 bits per heavy atom. The number of nitrogens with zero attached hydrogens (tertiary/aromatic N) is 1. The lowest BCUT2D eigenvalue weighted by atomic mass is 9.92. The maximum Gasteiger partial charge on any atom is 0.264 e.